The lowest BCUT2D eigenvalue weighted by Gasteiger charge is -2.41. The number of carbonyl (C=O) groups excluding carboxylic acids is 1. The SMILES string of the molecule is CC1CCCN(C(=O)C2CCCc3sccc32)C1CN.Cl. The normalized spacial score (nSPS) is 28.7. The van der Waals surface area contributed by atoms with Crippen LogP contribution in [0.4, 0.5) is 0 Å². The van der Waals surface area contributed by atoms with Gasteiger partial charge in [0.1, 0.15) is 0 Å². The van der Waals surface area contributed by atoms with E-state index in [9.17, 15) is 4.79 Å². The van der Waals surface area contributed by atoms with Gasteiger partial charge in [-0.2, -0.15) is 0 Å². The van der Waals surface area contributed by atoms with Crippen molar-refractivity contribution in [1.82, 2.24) is 4.90 Å². The molecule has 1 saturated heterocycles. The zero-order valence-corrected chi connectivity index (χ0v) is 14.2. The molecule has 0 aromatic carbocycles. The van der Waals surface area contributed by atoms with Crippen LogP contribution in [-0.4, -0.2) is 29.9 Å². The van der Waals surface area contributed by atoms with Gasteiger partial charge in [0.2, 0.25) is 5.91 Å². The minimum Gasteiger partial charge on any atom is -0.338 e. The van der Waals surface area contributed by atoms with E-state index in [0.717, 1.165) is 32.2 Å². The average molecular weight is 329 g/mol. The van der Waals surface area contributed by atoms with Crippen LogP contribution in [0.2, 0.25) is 0 Å². The molecule has 2 N–H and O–H groups in total. The van der Waals surface area contributed by atoms with E-state index in [4.69, 9.17) is 5.73 Å². The lowest BCUT2D eigenvalue weighted by molar-refractivity contribution is -0.138. The molecule has 3 rings (SSSR count). The van der Waals surface area contributed by atoms with E-state index in [2.05, 4.69) is 23.3 Å². The van der Waals surface area contributed by atoms with Gasteiger partial charge in [-0.05, 0) is 55.0 Å². The van der Waals surface area contributed by atoms with Crippen molar-refractivity contribution in [3.05, 3.63) is 21.9 Å². The molecule has 2 aliphatic rings. The minimum atomic E-state index is 0. The molecule has 21 heavy (non-hydrogen) atoms. The summed E-state index contributed by atoms with van der Waals surface area (Å²) in [7, 11) is 0. The number of fused-ring (bicyclic) bond motifs is 1. The van der Waals surface area contributed by atoms with Crippen LogP contribution >= 0.6 is 23.7 Å². The highest BCUT2D eigenvalue weighted by Crippen LogP contribution is 2.37. The molecular weight excluding hydrogens is 304 g/mol. The Labute approximate surface area is 137 Å². The maximum absolute atomic E-state index is 13.0. The first kappa shape index (κ1) is 16.8. The topological polar surface area (TPSA) is 46.3 Å². The van der Waals surface area contributed by atoms with Crippen molar-refractivity contribution < 1.29 is 4.79 Å². The first-order chi connectivity index (χ1) is 9.72. The fourth-order valence-corrected chi connectivity index (χ4v) is 4.81. The van der Waals surface area contributed by atoms with Gasteiger partial charge in [0.15, 0.2) is 0 Å². The third kappa shape index (κ3) is 3.13. The second-order valence-electron chi connectivity index (χ2n) is 6.20. The van der Waals surface area contributed by atoms with Crippen LogP contribution in [0, 0.1) is 5.92 Å². The fraction of sp³-hybridized carbons (Fsp3) is 0.688. The number of rotatable bonds is 2. The van der Waals surface area contributed by atoms with Gasteiger partial charge < -0.3 is 10.6 Å². The van der Waals surface area contributed by atoms with Crippen molar-refractivity contribution in [3.63, 3.8) is 0 Å². The van der Waals surface area contributed by atoms with Crippen LogP contribution in [0.25, 0.3) is 0 Å². The predicted octanol–water partition coefficient (Wildman–Crippen LogP) is 3.18. The highest BCUT2D eigenvalue weighted by molar-refractivity contribution is 7.10. The Morgan fingerprint density at radius 3 is 3.00 bits per heavy atom. The Hall–Kier alpha value is -0.580. The third-order valence-corrected chi connectivity index (χ3v) is 5.99. The molecule has 1 aliphatic heterocycles. The molecule has 0 bridgehead atoms. The molecule has 1 fully saturated rings. The van der Waals surface area contributed by atoms with E-state index in [-0.39, 0.29) is 24.4 Å². The molecule has 1 amide bonds. The summed E-state index contributed by atoms with van der Waals surface area (Å²) in [5.74, 6) is 0.943. The van der Waals surface area contributed by atoms with Gasteiger partial charge in [-0.1, -0.05) is 6.92 Å². The quantitative estimate of drug-likeness (QED) is 0.906. The van der Waals surface area contributed by atoms with Gasteiger partial charge >= 0.3 is 0 Å². The second-order valence-corrected chi connectivity index (χ2v) is 7.20. The summed E-state index contributed by atoms with van der Waals surface area (Å²) in [5.41, 5.74) is 7.23. The summed E-state index contributed by atoms with van der Waals surface area (Å²) >= 11 is 1.80. The zero-order valence-electron chi connectivity index (χ0n) is 12.6. The summed E-state index contributed by atoms with van der Waals surface area (Å²) in [4.78, 5) is 16.5. The molecule has 2 heterocycles. The highest BCUT2D eigenvalue weighted by Gasteiger charge is 2.36. The molecule has 0 radical (unpaired) electrons. The number of likely N-dealkylation sites (tertiary alicyclic amines) is 1. The number of nitrogens with two attached hydrogens (primary N) is 1. The predicted molar refractivity (Wildman–Crippen MR) is 90.2 cm³/mol. The third-order valence-electron chi connectivity index (χ3n) is 4.99. The van der Waals surface area contributed by atoms with E-state index >= 15 is 0 Å². The molecule has 1 aromatic heterocycles. The zero-order chi connectivity index (χ0) is 14.1. The van der Waals surface area contributed by atoms with Gasteiger partial charge in [-0.3, -0.25) is 4.79 Å². The Morgan fingerprint density at radius 1 is 1.43 bits per heavy atom. The number of amides is 1. The monoisotopic (exact) mass is 328 g/mol. The fourth-order valence-electron chi connectivity index (χ4n) is 3.83. The van der Waals surface area contributed by atoms with Crippen LogP contribution in [0.5, 0.6) is 0 Å². The van der Waals surface area contributed by atoms with E-state index in [1.165, 1.54) is 16.9 Å². The van der Waals surface area contributed by atoms with Crippen molar-refractivity contribution in [2.45, 2.75) is 51.0 Å². The summed E-state index contributed by atoms with van der Waals surface area (Å²) in [5, 5.41) is 2.13. The van der Waals surface area contributed by atoms with Crippen molar-refractivity contribution in [2.75, 3.05) is 13.1 Å². The molecule has 3 unspecified atom stereocenters. The number of thiophene rings is 1. The Bertz CT molecular complexity index is 490. The number of hydrogen-bond acceptors (Lipinski definition) is 3. The summed E-state index contributed by atoms with van der Waals surface area (Å²) in [6.45, 7) is 3.71. The van der Waals surface area contributed by atoms with Crippen molar-refractivity contribution >= 4 is 29.7 Å². The number of hydrogen-bond donors (Lipinski definition) is 1. The van der Waals surface area contributed by atoms with Crippen LogP contribution in [0.15, 0.2) is 11.4 Å². The molecule has 0 spiro atoms. The van der Waals surface area contributed by atoms with E-state index < -0.39 is 0 Å². The molecule has 3 atom stereocenters. The average Bonchev–Trinajstić information content (AvgIpc) is 2.94. The molecule has 1 aromatic rings. The maximum Gasteiger partial charge on any atom is 0.230 e. The lowest BCUT2D eigenvalue weighted by atomic mass is 9.84. The van der Waals surface area contributed by atoms with Crippen LogP contribution in [0.1, 0.15) is 49.0 Å². The number of nitrogens with zero attached hydrogens (tertiary/aromatic N) is 1. The van der Waals surface area contributed by atoms with E-state index in [1.807, 2.05) is 0 Å². The molecule has 118 valence electrons. The standard InChI is InChI=1S/C16H24N2OS.ClH/c1-11-4-3-8-18(14(11)10-17)16(19)13-5-2-6-15-12(13)7-9-20-15;/h7,9,11,13-14H,2-6,8,10,17H2,1H3;1H. The molecule has 3 nitrogen and oxygen atoms in total. The van der Waals surface area contributed by atoms with Crippen molar-refractivity contribution in [3.8, 4) is 0 Å². The Balaban J connectivity index is 0.00000161. The Kier molecular flexibility index (Phi) is 5.69. The van der Waals surface area contributed by atoms with Crippen LogP contribution in [0.3, 0.4) is 0 Å². The first-order valence-corrected chi connectivity index (χ1v) is 8.67. The Morgan fingerprint density at radius 2 is 2.24 bits per heavy atom. The van der Waals surface area contributed by atoms with E-state index in [0.29, 0.717) is 18.4 Å². The summed E-state index contributed by atoms with van der Waals surface area (Å²) in [6.07, 6.45) is 5.60. The van der Waals surface area contributed by atoms with Gasteiger partial charge in [0.25, 0.3) is 0 Å². The highest BCUT2D eigenvalue weighted by atomic mass is 35.5. The van der Waals surface area contributed by atoms with Gasteiger partial charge in [-0.25, -0.2) is 0 Å². The second kappa shape index (κ2) is 7.12. The van der Waals surface area contributed by atoms with E-state index in [1.54, 1.807) is 11.3 Å². The smallest absolute Gasteiger partial charge is 0.230 e. The summed E-state index contributed by atoms with van der Waals surface area (Å²) in [6, 6.07) is 2.40. The lowest BCUT2D eigenvalue weighted by Crippen LogP contribution is -2.52. The van der Waals surface area contributed by atoms with Gasteiger partial charge in [0.05, 0.1) is 5.92 Å². The van der Waals surface area contributed by atoms with Crippen molar-refractivity contribution in [1.29, 1.82) is 0 Å². The number of carbonyl (C=O) groups is 1. The largest absolute Gasteiger partial charge is 0.338 e. The van der Waals surface area contributed by atoms with Gasteiger partial charge in [-0.15, -0.1) is 23.7 Å². The number of halogens is 1. The number of aryl methyl sites for hydroxylation is 1. The molecule has 1 aliphatic carbocycles. The molecule has 0 saturated carbocycles. The summed E-state index contributed by atoms with van der Waals surface area (Å²) < 4.78 is 0. The first-order valence-electron chi connectivity index (χ1n) is 7.79. The van der Waals surface area contributed by atoms with Crippen molar-refractivity contribution in [2.24, 2.45) is 11.7 Å². The maximum atomic E-state index is 13.0. The molecular formula is C16H25ClN2OS. The van der Waals surface area contributed by atoms with Crippen LogP contribution in [-0.2, 0) is 11.2 Å². The van der Waals surface area contributed by atoms with Crippen LogP contribution < -0.4 is 5.73 Å². The minimum absolute atomic E-state index is 0. The number of piperidine rings is 1. The molecule has 5 heteroatoms. The van der Waals surface area contributed by atoms with Gasteiger partial charge in [0, 0.05) is 24.0 Å².